The molecule has 0 atom stereocenters. The first-order valence-corrected chi connectivity index (χ1v) is 9.01. The number of carbonyl (C=O) groups excluding carboxylic acids is 2. The minimum Gasteiger partial charge on any atom is -0.478 e. The number of carbonyl (C=O) groups is 3. The smallest absolute Gasteiger partial charge is 0.335 e. The first-order chi connectivity index (χ1) is 14.3. The number of rotatable bonds is 8. The zero-order valence-electron chi connectivity index (χ0n) is 16.3. The van der Waals surface area contributed by atoms with Crippen molar-refractivity contribution >= 4 is 29.2 Å². The highest BCUT2D eigenvalue weighted by molar-refractivity contribution is 6.20. The molecule has 7 nitrogen and oxygen atoms in total. The monoisotopic (exact) mass is 406 g/mol. The highest BCUT2D eigenvalue weighted by Gasteiger charge is 2.46. The van der Waals surface area contributed by atoms with E-state index < -0.39 is 23.4 Å². The van der Waals surface area contributed by atoms with Gasteiger partial charge in [-0.2, -0.15) is 0 Å². The average molecular weight is 406 g/mol. The summed E-state index contributed by atoms with van der Waals surface area (Å²) in [5.74, 6) is -3.27. The fourth-order valence-electron chi connectivity index (χ4n) is 2.48. The third-order valence-electron chi connectivity index (χ3n) is 4.21. The van der Waals surface area contributed by atoms with Crippen LogP contribution in [0.15, 0.2) is 96.6 Å². The van der Waals surface area contributed by atoms with Crippen LogP contribution in [-0.2, 0) is 14.4 Å². The first kappa shape index (κ1) is 22.3. The molecule has 2 aromatic carbocycles. The van der Waals surface area contributed by atoms with Gasteiger partial charge < -0.3 is 20.8 Å². The Morgan fingerprint density at radius 2 is 1.30 bits per heavy atom. The first-order valence-electron chi connectivity index (χ1n) is 9.01. The maximum Gasteiger partial charge on any atom is 0.335 e. The summed E-state index contributed by atoms with van der Waals surface area (Å²) in [7, 11) is 0. The third kappa shape index (κ3) is 5.30. The van der Waals surface area contributed by atoms with Crippen molar-refractivity contribution in [1.29, 1.82) is 0 Å². The normalized spacial score (nSPS) is 11.7. The van der Waals surface area contributed by atoms with E-state index in [0.717, 1.165) is 12.2 Å². The van der Waals surface area contributed by atoms with Crippen LogP contribution >= 0.6 is 0 Å². The second kappa shape index (κ2) is 9.99. The average Bonchev–Trinajstić information content (AvgIpc) is 2.74. The van der Waals surface area contributed by atoms with Crippen molar-refractivity contribution in [3.8, 4) is 0 Å². The maximum atomic E-state index is 12.9. The lowest BCUT2D eigenvalue weighted by atomic mass is 9.91. The van der Waals surface area contributed by atoms with Gasteiger partial charge in [0.25, 0.3) is 11.8 Å². The summed E-state index contributed by atoms with van der Waals surface area (Å²) in [6.45, 7) is 5.16. The Kier molecular flexibility index (Phi) is 7.44. The van der Waals surface area contributed by atoms with Gasteiger partial charge in [0.15, 0.2) is 0 Å². The van der Waals surface area contributed by atoms with Crippen LogP contribution in [-0.4, -0.2) is 33.6 Å². The Balaban J connectivity index is 2.38. The Labute approximate surface area is 174 Å². The van der Waals surface area contributed by atoms with Gasteiger partial charge in [0.05, 0.1) is 5.57 Å². The zero-order chi connectivity index (χ0) is 22.1. The standard InChI is InChI=1S/C23H22N2O5/c1-3-17(20(26)27)15-14-16(2)23(30,21(28)24-18-10-6-4-7-11-18)22(29)25-19-12-8-5-9-13-19/h3-15,30H,2H2,1H3,(H,24,28)(H,25,29)(H,26,27)/b15-14-,17-3+. The van der Waals surface area contributed by atoms with Crippen LogP contribution in [0.2, 0.25) is 0 Å². The summed E-state index contributed by atoms with van der Waals surface area (Å²) in [5, 5.41) is 25.2. The number of benzene rings is 2. The predicted octanol–water partition coefficient (Wildman–Crippen LogP) is 3.14. The molecule has 2 rings (SSSR count). The Bertz CT molecular complexity index is 941. The summed E-state index contributed by atoms with van der Waals surface area (Å²) < 4.78 is 0. The quantitative estimate of drug-likeness (QED) is 0.305. The summed E-state index contributed by atoms with van der Waals surface area (Å²) >= 11 is 0. The molecule has 0 aliphatic carbocycles. The van der Waals surface area contributed by atoms with Crippen molar-refractivity contribution in [2.75, 3.05) is 10.6 Å². The van der Waals surface area contributed by atoms with Gasteiger partial charge in [-0.05, 0) is 42.8 Å². The molecular formula is C23H22N2O5. The number of aliphatic carboxylic acids is 1. The SMILES string of the molecule is C=C(/C=C\C(=C/C)C(=O)O)C(O)(C(=O)Nc1ccccc1)C(=O)Nc1ccccc1. The third-order valence-corrected chi connectivity index (χ3v) is 4.21. The maximum absolute atomic E-state index is 12.9. The molecule has 0 radical (unpaired) electrons. The van der Waals surface area contributed by atoms with E-state index in [1.54, 1.807) is 60.7 Å². The number of para-hydroxylation sites is 2. The number of allylic oxidation sites excluding steroid dienone is 1. The topological polar surface area (TPSA) is 116 Å². The number of carboxylic acid groups (broad SMARTS) is 1. The molecule has 4 N–H and O–H groups in total. The van der Waals surface area contributed by atoms with Gasteiger partial charge >= 0.3 is 5.97 Å². The van der Waals surface area contributed by atoms with Crippen molar-refractivity contribution < 1.29 is 24.6 Å². The summed E-state index contributed by atoms with van der Waals surface area (Å²) in [4.78, 5) is 37.0. The molecule has 0 fully saturated rings. The Morgan fingerprint density at radius 3 is 1.67 bits per heavy atom. The molecule has 2 amide bonds. The number of carboxylic acids is 1. The number of nitrogens with one attached hydrogen (secondary N) is 2. The van der Waals surface area contributed by atoms with Crippen LogP contribution in [0.25, 0.3) is 0 Å². The molecule has 0 aliphatic rings. The summed E-state index contributed by atoms with van der Waals surface area (Å²) in [6.07, 6.45) is 3.61. The van der Waals surface area contributed by atoms with Crippen LogP contribution in [0.3, 0.4) is 0 Å². The van der Waals surface area contributed by atoms with Gasteiger partial charge in [-0.15, -0.1) is 0 Å². The highest BCUT2D eigenvalue weighted by Crippen LogP contribution is 2.23. The van der Waals surface area contributed by atoms with E-state index in [2.05, 4.69) is 17.2 Å². The molecule has 2 aromatic rings. The van der Waals surface area contributed by atoms with Gasteiger partial charge in [0.2, 0.25) is 5.60 Å². The Hall–Kier alpha value is -3.97. The molecule has 0 saturated heterocycles. The van der Waals surface area contributed by atoms with Crippen LogP contribution in [0.5, 0.6) is 0 Å². The van der Waals surface area contributed by atoms with Crippen molar-refractivity contribution in [3.05, 3.63) is 96.6 Å². The minimum absolute atomic E-state index is 0.0922. The molecular weight excluding hydrogens is 384 g/mol. The van der Waals surface area contributed by atoms with E-state index in [-0.39, 0.29) is 11.1 Å². The number of amides is 2. The van der Waals surface area contributed by atoms with Crippen molar-refractivity contribution in [2.24, 2.45) is 0 Å². The summed E-state index contributed by atoms with van der Waals surface area (Å²) in [6, 6.07) is 16.6. The van der Waals surface area contributed by atoms with Crippen molar-refractivity contribution in [2.45, 2.75) is 12.5 Å². The van der Waals surface area contributed by atoms with Gasteiger partial charge in [0, 0.05) is 11.4 Å². The lowest BCUT2D eigenvalue weighted by Crippen LogP contribution is -2.53. The summed E-state index contributed by atoms with van der Waals surface area (Å²) in [5.41, 5.74) is -2.36. The predicted molar refractivity (Wildman–Crippen MR) is 115 cm³/mol. The number of aliphatic hydroxyl groups is 1. The van der Waals surface area contributed by atoms with E-state index >= 15 is 0 Å². The van der Waals surface area contributed by atoms with Gasteiger partial charge in [0.1, 0.15) is 0 Å². The highest BCUT2D eigenvalue weighted by atomic mass is 16.4. The second-order valence-electron chi connectivity index (χ2n) is 6.26. The second-order valence-corrected chi connectivity index (χ2v) is 6.26. The van der Waals surface area contributed by atoms with E-state index in [1.807, 2.05) is 0 Å². The largest absolute Gasteiger partial charge is 0.478 e. The molecule has 0 bridgehead atoms. The zero-order valence-corrected chi connectivity index (χ0v) is 16.3. The molecule has 154 valence electrons. The molecule has 30 heavy (non-hydrogen) atoms. The molecule has 0 saturated carbocycles. The van der Waals surface area contributed by atoms with Crippen LogP contribution in [0.4, 0.5) is 11.4 Å². The van der Waals surface area contributed by atoms with Gasteiger partial charge in [-0.3, -0.25) is 9.59 Å². The van der Waals surface area contributed by atoms with Crippen LogP contribution in [0.1, 0.15) is 6.92 Å². The lowest BCUT2D eigenvalue weighted by molar-refractivity contribution is -0.142. The van der Waals surface area contributed by atoms with Crippen molar-refractivity contribution in [1.82, 2.24) is 0 Å². The number of hydrogen-bond donors (Lipinski definition) is 4. The fourth-order valence-corrected chi connectivity index (χ4v) is 2.48. The fraction of sp³-hybridized carbons (Fsp3) is 0.0870. The number of hydrogen-bond acceptors (Lipinski definition) is 4. The van der Waals surface area contributed by atoms with Crippen LogP contribution in [0, 0.1) is 0 Å². The van der Waals surface area contributed by atoms with Gasteiger partial charge in [-0.1, -0.05) is 55.1 Å². The molecule has 0 unspecified atom stereocenters. The molecule has 0 aliphatic heterocycles. The molecule has 0 heterocycles. The van der Waals surface area contributed by atoms with Crippen LogP contribution < -0.4 is 10.6 Å². The number of anilines is 2. The van der Waals surface area contributed by atoms with Crippen molar-refractivity contribution in [3.63, 3.8) is 0 Å². The van der Waals surface area contributed by atoms with E-state index in [0.29, 0.717) is 11.4 Å². The van der Waals surface area contributed by atoms with E-state index in [4.69, 9.17) is 5.11 Å². The lowest BCUT2D eigenvalue weighted by Gasteiger charge is -2.26. The Morgan fingerprint density at radius 1 is 0.867 bits per heavy atom. The van der Waals surface area contributed by atoms with Gasteiger partial charge in [-0.25, -0.2) is 4.79 Å². The molecule has 0 aromatic heterocycles. The molecule has 7 heteroatoms. The van der Waals surface area contributed by atoms with E-state index in [9.17, 15) is 19.5 Å². The molecule has 0 spiro atoms. The minimum atomic E-state index is -2.69. The van der Waals surface area contributed by atoms with E-state index in [1.165, 1.54) is 13.0 Å².